The molecule has 0 fully saturated rings. The van der Waals surface area contributed by atoms with Gasteiger partial charge in [-0.1, -0.05) is 39.0 Å². The molecule has 0 aliphatic carbocycles. The van der Waals surface area contributed by atoms with Crippen LogP contribution in [0.2, 0.25) is 0 Å². The fraction of sp³-hybridized carbons (Fsp3) is 0.500. The molecule has 2 aromatic rings. The van der Waals surface area contributed by atoms with Crippen LogP contribution in [-0.2, 0) is 22.6 Å². The van der Waals surface area contributed by atoms with Crippen LogP contribution in [-0.4, -0.2) is 46.9 Å². The smallest absolute Gasteiger partial charge is 0.251 e. The molecule has 0 spiro atoms. The summed E-state index contributed by atoms with van der Waals surface area (Å²) in [6, 6.07) is 7.46. The lowest BCUT2D eigenvalue weighted by Gasteiger charge is -2.38. The van der Waals surface area contributed by atoms with E-state index in [1.165, 1.54) is 0 Å². The molecule has 1 atom stereocenters. The minimum atomic E-state index is -0.691. The fourth-order valence-corrected chi connectivity index (χ4v) is 4.79. The van der Waals surface area contributed by atoms with Crippen molar-refractivity contribution < 1.29 is 14.7 Å². The molecule has 0 saturated heterocycles. The summed E-state index contributed by atoms with van der Waals surface area (Å²) < 4.78 is 0. The number of phenolic OH excluding ortho intramolecular Hbond substituents is 1. The van der Waals surface area contributed by atoms with Gasteiger partial charge in [0, 0.05) is 24.7 Å². The molecule has 2 aromatic carbocycles. The number of nitrogens with one attached hydrogen (secondary N) is 1. The molecule has 0 bridgehead atoms. The van der Waals surface area contributed by atoms with Crippen molar-refractivity contribution in [2.45, 2.75) is 67.0 Å². The predicted octanol–water partition coefficient (Wildman–Crippen LogP) is 4.88. The maximum atomic E-state index is 13.8. The summed E-state index contributed by atoms with van der Waals surface area (Å²) in [6.45, 7) is 13.8. The minimum absolute atomic E-state index is 0.0194. The predicted molar refractivity (Wildman–Crippen MR) is 137 cm³/mol. The standard InChI is InChI=1S/C28H39N3O3/c1-8-12-30(7)16-21-9-10-22-11-13-31(28(34)17(2)3)25(23(22)15-21)27(33)29-24-14-18(4)26(32)20(6)19(24)5/h9-10,14-15,17,25,32H,8,11-13,16H2,1-7H3,(H,29,33). The number of hydrogen-bond donors (Lipinski definition) is 2. The lowest BCUT2D eigenvalue weighted by molar-refractivity contribution is -0.142. The Balaban J connectivity index is 2.02. The van der Waals surface area contributed by atoms with Gasteiger partial charge >= 0.3 is 0 Å². The Bertz CT molecular complexity index is 1080. The molecule has 1 aliphatic rings. The van der Waals surface area contributed by atoms with Crippen molar-refractivity contribution in [2.24, 2.45) is 5.92 Å². The van der Waals surface area contributed by atoms with E-state index in [9.17, 15) is 14.7 Å². The van der Waals surface area contributed by atoms with E-state index in [4.69, 9.17) is 0 Å². The van der Waals surface area contributed by atoms with Gasteiger partial charge in [-0.15, -0.1) is 0 Å². The van der Waals surface area contributed by atoms with Crippen molar-refractivity contribution in [3.05, 3.63) is 57.6 Å². The summed E-state index contributed by atoms with van der Waals surface area (Å²) >= 11 is 0. The van der Waals surface area contributed by atoms with Gasteiger partial charge in [-0.2, -0.15) is 0 Å². The first kappa shape index (κ1) is 25.8. The zero-order valence-electron chi connectivity index (χ0n) is 21.7. The first-order chi connectivity index (χ1) is 16.0. The van der Waals surface area contributed by atoms with E-state index in [1.807, 2.05) is 34.6 Å². The molecule has 184 valence electrons. The number of carbonyl (C=O) groups excluding carboxylic acids is 2. The number of nitrogens with zero attached hydrogens (tertiary/aromatic N) is 2. The fourth-order valence-electron chi connectivity index (χ4n) is 4.79. The number of carbonyl (C=O) groups is 2. The second kappa shape index (κ2) is 10.6. The topological polar surface area (TPSA) is 72.9 Å². The van der Waals surface area contributed by atoms with Crippen molar-refractivity contribution in [1.82, 2.24) is 9.80 Å². The van der Waals surface area contributed by atoms with Crippen LogP contribution < -0.4 is 5.32 Å². The molecule has 3 rings (SSSR count). The quantitative estimate of drug-likeness (QED) is 0.572. The second-order valence-electron chi connectivity index (χ2n) is 9.94. The molecule has 2 amide bonds. The van der Waals surface area contributed by atoms with Crippen LogP contribution in [0.3, 0.4) is 0 Å². The van der Waals surface area contributed by atoms with E-state index in [-0.39, 0.29) is 23.5 Å². The SMILES string of the molecule is CCCN(C)Cc1ccc2c(c1)C(C(=O)Nc1cc(C)c(O)c(C)c1C)N(C(=O)C(C)C)CC2. The van der Waals surface area contributed by atoms with Crippen molar-refractivity contribution in [3.63, 3.8) is 0 Å². The molecule has 6 heteroatoms. The molecule has 6 nitrogen and oxygen atoms in total. The molecule has 34 heavy (non-hydrogen) atoms. The summed E-state index contributed by atoms with van der Waals surface area (Å²) in [7, 11) is 2.10. The van der Waals surface area contributed by atoms with Gasteiger partial charge in [0.2, 0.25) is 5.91 Å². The zero-order valence-corrected chi connectivity index (χ0v) is 21.7. The summed E-state index contributed by atoms with van der Waals surface area (Å²) in [6.07, 6.45) is 1.81. The number of benzene rings is 2. The third-order valence-corrected chi connectivity index (χ3v) is 6.84. The Labute approximate surface area is 204 Å². The third kappa shape index (κ3) is 5.27. The van der Waals surface area contributed by atoms with Crippen LogP contribution in [0.4, 0.5) is 5.69 Å². The first-order valence-corrected chi connectivity index (χ1v) is 12.3. The van der Waals surface area contributed by atoms with Crippen LogP contribution in [0.25, 0.3) is 0 Å². The van der Waals surface area contributed by atoms with E-state index >= 15 is 0 Å². The molecule has 0 saturated carbocycles. The highest BCUT2D eigenvalue weighted by Gasteiger charge is 2.37. The molecule has 0 radical (unpaired) electrons. The van der Waals surface area contributed by atoms with Gasteiger partial charge in [0.25, 0.3) is 5.91 Å². The third-order valence-electron chi connectivity index (χ3n) is 6.84. The maximum absolute atomic E-state index is 13.8. The molecular weight excluding hydrogens is 426 g/mol. The molecule has 2 N–H and O–H groups in total. The average Bonchev–Trinajstić information content (AvgIpc) is 2.79. The summed E-state index contributed by atoms with van der Waals surface area (Å²) in [5.74, 6) is -0.192. The number of amides is 2. The number of rotatable bonds is 7. The van der Waals surface area contributed by atoms with E-state index in [0.717, 1.165) is 53.7 Å². The van der Waals surface area contributed by atoms with Gasteiger partial charge in [-0.25, -0.2) is 0 Å². The second-order valence-corrected chi connectivity index (χ2v) is 9.94. The van der Waals surface area contributed by atoms with Crippen molar-refractivity contribution >= 4 is 17.5 Å². The highest BCUT2D eigenvalue weighted by Crippen LogP contribution is 2.35. The van der Waals surface area contributed by atoms with Gasteiger partial charge in [-0.05, 0) is 86.7 Å². The van der Waals surface area contributed by atoms with E-state index in [1.54, 1.807) is 11.0 Å². The largest absolute Gasteiger partial charge is 0.507 e. The highest BCUT2D eigenvalue weighted by atomic mass is 16.3. The number of fused-ring (bicyclic) bond motifs is 1. The highest BCUT2D eigenvalue weighted by molar-refractivity contribution is 5.99. The lowest BCUT2D eigenvalue weighted by Crippen LogP contribution is -2.47. The Morgan fingerprint density at radius 3 is 2.53 bits per heavy atom. The van der Waals surface area contributed by atoms with Crippen LogP contribution in [0.15, 0.2) is 24.3 Å². The Kier molecular flexibility index (Phi) is 8.03. The monoisotopic (exact) mass is 465 g/mol. The normalized spacial score (nSPS) is 15.6. The number of aryl methyl sites for hydroxylation is 1. The van der Waals surface area contributed by atoms with Gasteiger partial charge < -0.3 is 20.2 Å². The number of phenols is 1. The van der Waals surface area contributed by atoms with Gasteiger partial charge in [0.1, 0.15) is 11.8 Å². The van der Waals surface area contributed by atoms with Crippen LogP contribution in [0, 0.1) is 26.7 Å². The summed E-state index contributed by atoms with van der Waals surface area (Å²) in [5, 5.41) is 13.4. The molecule has 1 aliphatic heterocycles. The van der Waals surface area contributed by atoms with Crippen LogP contribution >= 0.6 is 0 Å². The first-order valence-electron chi connectivity index (χ1n) is 12.3. The summed E-state index contributed by atoms with van der Waals surface area (Å²) in [5.41, 5.74) is 6.10. The van der Waals surface area contributed by atoms with Gasteiger partial charge in [0.15, 0.2) is 0 Å². The van der Waals surface area contributed by atoms with Crippen molar-refractivity contribution in [2.75, 3.05) is 25.5 Å². The Morgan fingerprint density at radius 2 is 1.88 bits per heavy atom. The molecule has 0 aromatic heterocycles. The number of anilines is 1. The average molecular weight is 466 g/mol. The molecule has 1 heterocycles. The Hall–Kier alpha value is -2.86. The maximum Gasteiger partial charge on any atom is 0.251 e. The number of aromatic hydroxyl groups is 1. The van der Waals surface area contributed by atoms with E-state index in [0.29, 0.717) is 17.8 Å². The van der Waals surface area contributed by atoms with Crippen molar-refractivity contribution in [3.8, 4) is 5.75 Å². The van der Waals surface area contributed by atoms with E-state index < -0.39 is 6.04 Å². The zero-order chi connectivity index (χ0) is 25.2. The molecule has 1 unspecified atom stereocenters. The van der Waals surface area contributed by atoms with Crippen LogP contribution in [0.5, 0.6) is 5.75 Å². The molecular formula is C28H39N3O3. The Morgan fingerprint density at radius 1 is 1.18 bits per heavy atom. The minimum Gasteiger partial charge on any atom is -0.507 e. The lowest BCUT2D eigenvalue weighted by atomic mass is 9.89. The van der Waals surface area contributed by atoms with E-state index in [2.05, 4.69) is 42.4 Å². The number of hydrogen-bond acceptors (Lipinski definition) is 4. The van der Waals surface area contributed by atoms with Gasteiger partial charge in [0.05, 0.1) is 0 Å². The van der Waals surface area contributed by atoms with Gasteiger partial charge in [-0.3, -0.25) is 9.59 Å². The summed E-state index contributed by atoms with van der Waals surface area (Å²) in [4.78, 5) is 30.9. The van der Waals surface area contributed by atoms with Crippen LogP contribution in [0.1, 0.15) is 66.6 Å². The van der Waals surface area contributed by atoms with Crippen molar-refractivity contribution in [1.29, 1.82) is 0 Å².